The van der Waals surface area contributed by atoms with Crippen molar-refractivity contribution in [2.24, 2.45) is 0 Å². The second-order valence-electron chi connectivity index (χ2n) is 5.28. The first-order valence-corrected chi connectivity index (χ1v) is 8.51. The van der Waals surface area contributed by atoms with Crippen LogP contribution in [0.1, 0.15) is 28.9 Å². The monoisotopic (exact) mass is 323 g/mol. The maximum atomic E-state index is 12.2. The lowest BCUT2D eigenvalue weighted by molar-refractivity contribution is 0.0458. The normalized spacial score (nSPS) is 16.2. The number of thiophene rings is 1. The molecule has 0 aliphatic carbocycles. The first-order chi connectivity index (χ1) is 10.3. The highest BCUT2D eigenvalue weighted by Gasteiger charge is 2.18. The third kappa shape index (κ3) is 3.39. The van der Waals surface area contributed by atoms with Crippen LogP contribution in [-0.2, 0) is 4.74 Å². The van der Waals surface area contributed by atoms with E-state index in [1.165, 1.54) is 30.6 Å². The van der Waals surface area contributed by atoms with E-state index in [4.69, 9.17) is 16.3 Å². The fraction of sp³-hybridized carbons (Fsp3) is 0.438. The van der Waals surface area contributed by atoms with Crippen molar-refractivity contribution in [1.29, 1.82) is 0 Å². The molecule has 0 N–H and O–H groups in total. The number of fused-ring (bicyclic) bond motifs is 1. The van der Waals surface area contributed by atoms with Gasteiger partial charge in [-0.3, -0.25) is 4.90 Å². The van der Waals surface area contributed by atoms with Gasteiger partial charge in [-0.25, -0.2) is 4.79 Å². The average molecular weight is 324 g/mol. The molecule has 112 valence electrons. The average Bonchev–Trinajstić information content (AvgIpc) is 2.86. The smallest absolute Gasteiger partial charge is 0.349 e. The van der Waals surface area contributed by atoms with E-state index in [9.17, 15) is 4.79 Å². The first kappa shape index (κ1) is 14.8. The number of esters is 1. The van der Waals surface area contributed by atoms with E-state index in [0.717, 1.165) is 29.7 Å². The molecule has 0 amide bonds. The lowest BCUT2D eigenvalue weighted by Crippen LogP contribution is -2.33. The number of likely N-dealkylation sites (tertiary alicyclic amines) is 1. The van der Waals surface area contributed by atoms with E-state index < -0.39 is 0 Å². The van der Waals surface area contributed by atoms with Crippen LogP contribution in [0.4, 0.5) is 0 Å². The summed E-state index contributed by atoms with van der Waals surface area (Å²) in [5.41, 5.74) is 0. The van der Waals surface area contributed by atoms with E-state index in [2.05, 4.69) is 4.90 Å². The summed E-state index contributed by atoms with van der Waals surface area (Å²) in [6.07, 6.45) is 3.81. The van der Waals surface area contributed by atoms with Gasteiger partial charge in [0, 0.05) is 16.6 Å². The van der Waals surface area contributed by atoms with E-state index in [1.807, 2.05) is 24.3 Å². The third-order valence-corrected chi connectivity index (χ3v) is 5.47. The van der Waals surface area contributed by atoms with Crippen LogP contribution in [0.2, 0.25) is 5.02 Å². The Labute approximate surface area is 133 Å². The second-order valence-corrected chi connectivity index (χ2v) is 6.71. The van der Waals surface area contributed by atoms with Gasteiger partial charge in [-0.2, -0.15) is 0 Å². The minimum absolute atomic E-state index is 0.307. The van der Waals surface area contributed by atoms with Gasteiger partial charge in [-0.05, 0) is 32.0 Å². The summed E-state index contributed by atoms with van der Waals surface area (Å²) in [6.45, 7) is 3.47. The van der Waals surface area contributed by atoms with Gasteiger partial charge in [0.1, 0.15) is 11.5 Å². The summed E-state index contributed by atoms with van der Waals surface area (Å²) in [7, 11) is 0. The molecule has 0 atom stereocenters. The van der Waals surface area contributed by atoms with Gasteiger partial charge >= 0.3 is 5.97 Å². The quantitative estimate of drug-likeness (QED) is 0.790. The zero-order chi connectivity index (χ0) is 14.7. The van der Waals surface area contributed by atoms with Gasteiger partial charge in [0.2, 0.25) is 0 Å². The maximum absolute atomic E-state index is 12.2. The Hall–Kier alpha value is -1.10. The van der Waals surface area contributed by atoms with Crippen LogP contribution in [0.25, 0.3) is 10.1 Å². The molecule has 1 aliphatic rings. The number of rotatable bonds is 4. The number of benzene rings is 1. The van der Waals surface area contributed by atoms with Crippen molar-refractivity contribution in [2.75, 3.05) is 26.2 Å². The van der Waals surface area contributed by atoms with Gasteiger partial charge in [-0.15, -0.1) is 11.3 Å². The standard InChI is InChI=1S/C16H18ClNO2S/c17-14-12-6-2-3-7-13(12)21-15(14)16(19)20-11-10-18-8-4-1-5-9-18/h2-3,6-7H,1,4-5,8-11H2. The maximum Gasteiger partial charge on any atom is 0.349 e. The van der Waals surface area contributed by atoms with Gasteiger partial charge in [0.15, 0.2) is 0 Å². The predicted molar refractivity (Wildman–Crippen MR) is 87.4 cm³/mol. The molecule has 1 fully saturated rings. The molecular weight excluding hydrogens is 306 g/mol. The van der Waals surface area contributed by atoms with E-state index in [0.29, 0.717) is 16.5 Å². The number of carbonyl (C=O) groups is 1. The van der Waals surface area contributed by atoms with Crippen molar-refractivity contribution in [2.45, 2.75) is 19.3 Å². The molecule has 2 aromatic rings. The van der Waals surface area contributed by atoms with Gasteiger partial charge in [0.05, 0.1) is 5.02 Å². The van der Waals surface area contributed by atoms with Crippen molar-refractivity contribution in [3.8, 4) is 0 Å². The van der Waals surface area contributed by atoms with Crippen LogP contribution >= 0.6 is 22.9 Å². The van der Waals surface area contributed by atoms with Gasteiger partial charge in [-0.1, -0.05) is 36.2 Å². The zero-order valence-electron chi connectivity index (χ0n) is 11.8. The van der Waals surface area contributed by atoms with Crippen LogP contribution in [0.3, 0.4) is 0 Å². The van der Waals surface area contributed by atoms with E-state index >= 15 is 0 Å². The SMILES string of the molecule is O=C(OCCN1CCCCC1)c1sc2ccccc2c1Cl. The van der Waals surface area contributed by atoms with Crippen LogP contribution in [-0.4, -0.2) is 37.1 Å². The van der Waals surface area contributed by atoms with Crippen LogP contribution in [0.5, 0.6) is 0 Å². The highest BCUT2D eigenvalue weighted by Crippen LogP contribution is 2.35. The molecule has 1 aromatic carbocycles. The molecule has 1 aromatic heterocycles. The van der Waals surface area contributed by atoms with E-state index in [1.54, 1.807) is 0 Å². The Bertz CT molecular complexity index is 634. The Morgan fingerprint density at radius 1 is 1.24 bits per heavy atom. The molecule has 0 saturated carbocycles. The molecular formula is C16H18ClNO2S. The number of halogens is 1. The van der Waals surface area contributed by atoms with E-state index in [-0.39, 0.29) is 5.97 Å². The molecule has 1 saturated heterocycles. The van der Waals surface area contributed by atoms with Crippen LogP contribution < -0.4 is 0 Å². The lowest BCUT2D eigenvalue weighted by atomic mass is 10.1. The lowest BCUT2D eigenvalue weighted by Gasteiger charge is -2.25. The third-order valence-electron chi connectivity index (χ3n) is 3.81. The fourth-order valence-corrected chi connectivity index (χ4v) is 4.06. The summed E-state index contributed by atoms with van der Waals surface area (Å²) in [5.74, 6) is -0.307. The number of ether oxygens (including phenoxy) is 1. The topological polar surface area (TPSA) is 29.5 Å². The van der Waals surface area contributed by atoms with Gasteiger partial charge < -0.3 is 4.74 Å². The van der Waals surface area contributed by atoms with Crippen molar-refractivity contribution in [3.05, 3.63) is 34.2 Å². The Morgan fingerprint density at radius 3 is 2.76 bits per heavy atom. The van der Waals surface area contributed by atoms with Crippen molar-refractivity contribution in [3.63, 3.8) is 0 Å². The molecule has 3 rings (SSSR count). The molecule has 0 spiro atoms. The molecule has 0 radical (unpaired) electrons. The Balaban J connectivity index is 1.60. The molecule has 5 heteroatoms. The summed E-state index contributed by atoms with van der Waals surface area (Å²) in [6, 6.07) is 7.77. The fourth-order valence-electron chi connectivity index (χ4n) is 2.66. The summed E-state index contributed by atoms with van der Waals surface area (Å²) >= 11 is 7.68. The number of hydrogen-bond donors (Lipinski definition) is 0. The molecule has 21 heavy (non-hydrogen) atoms. The molecule has 0 bridgehead atoms. The van der Waals surface area contributed by atoms with Crippen LogP contribution in [0.15, 0.2) is 24.3 Å². The largest absolute Gasteiger partial charge is 0.460 e. The highest BCUT2D eigenvalue weighted by molar-refractivity contribution is 7.21. The van der Waals surface area contributed by atoms with Crippen molar-refractivity contribution >= 4 is 39.0 Å². The summed E-state index contributed by atoms with van der Waals surface area (Å²) < 4.78 is 6.41. The molecule has 3 nitrogen and oxygen atoms in total. The first-order valence-electron chi connectivity index (χ1n) is 7.32. The highest BCUT2D eigenvalue weighted by atomic mass is 35.5. The minimum atomic E-state index is -0.307. The van der Waals surface area contributed by atoms with Crippen LogP contribution in [0, 0.1) is 0 Å². The Morgan fingerprint density at radius 2 is 2.00 bits per heavy atom. The molecule has 2 heterocycles. The minimum Gasteiger partial charge on any atom is -0.460 e. The molecule has 1 aliphatic heterocycles. The summed E-state index contributed by atoms with van der Waals surface area (Å²) in [5, 5.41) is 1.44. The predicted octanol–water partition coefficient (Wildman–Crippen LogP) is 4.20. The second kappa shape index (κ2) is 6.77. The zero-order valence-corrected chi connectivity index (χ0v) is 13.4. The summed E-state index contributed by atoms with van der Waals surface area (Å²) in [4.78, 5) is 15.0. The number of carbonyl (C=O) groups excluding carboxylic acids is 1. The van der Waals surface area contributed by atoms with Crippen molar-refractivity contribution < 1.29 is 9.53 Å². The van der Waals surface area contributed by atoms with Gasteiger partial charge in [0.25, 0.3) is 0 Å². The number of piperidine rings is 1. The van der Waals surface area contributed by atoms with Crippen molar-refractivity contribution in [1.82, 2.24) is 4.90 Å². The molecule has 0 unspecified atom stereocenters. The Kier molecular flexibility index (Phi) is 4.78. The number of nitrogens with zero attached hydrogens (tertiary/aromatic N) is 1. The number of hydrogen-bond acceptors (Lipinski definition) is 4.